The summed E-state index contributed by atoms with van der Waals surface area (Å²) in [7, 11) is 0. The van der Waals surface area contributed by atoms with Gasteiger partial charge in [0.2, 0.25) is 5.91 Å². The molecule has 0 radical (unpaired) electrons. The number of halogens is 1. The number of carbonyl (C=O) groups is 3. The number of esters is 1. The average Bonchev–Trinajstić information content (AvgIpc) is 2.82. The Morgan fingerprint density at radius 2 is 1.53 bits per heavy atom. The van der Waals surface area contributed by atoms with Crippen molar-refractivity contribution in [2.75, 3.05) is 13.2 Å². The van der Waals surface area contributed by atoms with Gasteiger partial charge in [0.15, 0.2) is 6.61 Å². The number of hydrogen-bond donors (Lipinski definition) is 2. The van der Waals surface area contributed by atoms with Gasteiger partial charge in [-0.25, -0.2) is 0 Å². The van der Waals surface area contributed by atoms with Gasteiger partial charge < -0.3 is 9.47 Å². The van der Waals surface area contributed by atoms with Gasteiger partial charge in [0.25, 0.3) is 5.91 Å². The number of hydrogen-bond acceptors (Lipinski definition) is 5. The molecule has 3 rings (SSSR count). The lowest BCUT2D eigenvalue weighted by Crippen LogP contribution is -2.43. The van der Waals surface area contributed by atoms with Gasteiger partial charge in [-0.05, 0) is 38.3 Å². The molecule has 0 spiro atoms. The van der Waals surface area contributed by atoms with E-state index in [0.717, 1.165) is 20.8 Å². The van der Waals surface area contributed by atoms with Crippen molar-refractivity contribution < 1.29 is 23.9 Å². The first-order valence-corrected chi connectivity index (χ1v) is 10.9. The van der Waals surface area contributed by atoms with Crippen LogP contribution in [0, 0.1) is 0 Å². The molecule has 3 aromatic carbocycles. The summed E-state index contributed by atoms with van der Waals surface area (Å²) in [6.45, 7) is -0.0262. The lowest BCUT2D eigenvalue weighted by atomic mass is 10.1. The summed E-state index contributed by atoms with van der Waals surface area (Å²) < 4.78 is 11.4. The summed E-state index contributed by atoms with van der Waals surface area (Å²) in [4.78, 5) is 35.5. The predicted molar refractivity (Wildman–Crippen MR) is 124 cm³/mol. The van der Waals surface area contributed by atoms with Crippen LogP contribution in [0.15, 0.2) is 71.2 Å². The molecule has 0 atom stereocenters. The molecular formula is C24H23BrN2O5. The first kappa shape index (κ1) is 23.3. The zero-order valence-electron chi connectivity index (χ0n) is 17.3. The molecule has 32 heavy (non-hydrogen) atoms. The quantitative estimate of drug-likeness (QED) is 0.346. The number of benzene rings is 3. The van der Waals surface area contributed by atoms with Gasteiger partial charge in [-0.1, -0.05) is 60.7 Å². The second kappa shape index (κ2) is 11.9. The van der Waals surface area contributed by atoms with Gasteiger partial charge in [-0.2, -0.15) is 0 Å². The van der Waals surface area contributed by atoms with E-state index in [-0.39, 0.29) is 26.1 Å². The fraction of sp³-hybridized carbons (Fsp3) is 0.208. The second-order valence-electron chi connectivity index (χ2n) is 6.94. The molecule has 8 heteroatoms. The van der Waals surface area contributed by atoms with Gasteiger partial charge in [0.05, 0.1) is 17.5 Å². The van der Waals surface area contributed by atoms with E-state index in [1.54, 1.807) is 6.07 Å². The molecular weight excluding hydrogens is 476 g/mol. The monoisotopic (exact) mass is 498 g/mol. The van der Waals surface area contributed by atoms with Crippen molar-refractivity contribution >= 4 is 44.5 Å². The Labute approximate surface area is 194 Å². The Morgan fingerprint density at radius 1 is 0.812 bits per heavy atom. The first-order valence-electron chi connectivity index (χ1n) is 10.1. The Hall–Kier alpha value is -3.39. The number of carbonyl (C=O) groups excluding carboxylic acids is 3. The van der Waals surface area contributed by atoms with Crippen molar-refractivity contribution in [2.24, 2.45) is 0 Å². The van der Waals surface area contributed by atoms with E-state index >= 15 is 0 Å². The Morgan fingerprint density at radius 3 is 2.34 bits per heavy atom. The van der Waals surface area contributed by atoms with Crippen molar-refractivity contribution in [3.63, 3.8) is 0 Å². The van der Waals surface area contributed by atoms with E-state index in [1.165, 1.54) is 0 Å². The van der Waals surface area contributed by atoms with Crippen LogP contribution in [0.3, 0.4) is 0 Å². The minimum atomic E-state index is -0.524. The Balaban J connectivity index is 1.32. The van der Waals surface area contributed by atoms with E-state index in [9.17, 15) is 14.4 Å². The summed E-state index contributed by atoms with van der Waals surface area (Å²) in [5, 5.41) is 2.01. The van der Waals surface area contributed by atoms with Gasteiger partial charge in [0.1, 0.15) is 5.75 Å². The van der Waals surface area contributed by atoms with Crippen LogP contribution in [-0.2, 0) is 25.5 Å². The second-order valence-corrected chi connectivity index (χ2v) is 7.73. The molecule has 3 aromatic rings. The molecule has 0 fully saturated rings. The number of ether oxygens (including phenoxy) is 2. The molecule has 0 aliphatic carbocycles. The van der Waals surface area contributed by atoms with Crippen LogP contribution >= 0.6 is 15.9 Å². The van der Waals surface area contributed by atoms with Crippen LogP contribution in [0.2, 0.25) is 0 Å². The van der Waals surface area contributed by atoms with Crippen LogP contribution in [0.5, 0.6) is 5.75 Å². The number of amides is 2. The topological polar surface area (TPSA) is 93.7 Å². The molecule has 0 saturated heterocycles. The lowest BCUT2D eigenvalue weighted by Gasteiger charge is -2.11. The number of rotatable bonds is 9. The number of fused-ring (bicyclic) bond motifs is 1. The van der Waals surface area contributed by atoms with Crippen molar-refractivity contribution in [1.29, 1.82) is 0 Å². The summed E-state index contributed by atoms with van der Waals surface area (Å²) in [6, 6.07) is 21.1. The standard InChI is InChI=1S/C24H23BrN2O5/c25-24-19-9-5-4-8-18(19)10-11-20(24)32-16-22(29)27-26-21(28)12-13-23(30)31-15-14-17-6-2-1-3-7-17/h1-11H,12-16H2,(H,26,28)(H,27,29). The molecule has 0 aliphatic heterocycles. The third kappa shape index (κ3) is 7.09. The molecule has 0 aliphatic rings. The summed E-state index contributed by atoms with van der Waals surface area (Å²) in [5.41, 5.74) is 5.60. The molecule has 0 bridgehead atoms. The minimum absolute atomic E-state index is 0.0724. The zero-order valence-corrected chi connectivity index (χ0v) is 18.9. The van der Waals surface area contributed by atoms with Crippen molar-refractivity contribution in [3.05, 3.63) is 76.8 Å². The highest BCUT2D eigenvalue weighted by Crippen LogP contribution is 2.32. The van der Waals surface area contributed by atoms with E-state index in [1.807, 2.05) is 60.7 Å². The number of hydrazine groups is 1. The Kier molecular flexibility index (Phi) is 8.62. The van der Waals surface area contributed by atoms with E-state index in [2.05, 4.69) is 26.8 Å². The van der Waals surface area contributed by atoms with Crippen molar-refractivity contribution in [1.82, 2.24) is 10.9 Å². The largest absolute Gasteiger partial charge is 0.483 e. The van der Waals surface area contributed by atoms with Gasteiger partial charge >= 0.3 is 5.97 Å². The lowest BCUT2D eigenvalue weighted by molar-refractivity contribution is -0.145. The fourth-order valence-electron chi connectivity index (χ4n) is 2.92. The van der Waals surface area contributed by atoms with Gasteiger partial charge in [0, 0.05) is 12.8 Å². The summed E-state index contributed by atoms with van der Waals surface area (Å²) >= 11 is 3.49. The van der Waals surface area contributed by atoms with Gasteiger partial charge in [-0.3, -0.25) is 25.2 Å². The maximum absolute atomic E-state index is 12.0. The van der Waals surface area contributed by atoms with Crippen molar-refractivity contribution in [3.8, 4) is 5.75 Å². The maximum Gasteiger partial charge on any atom is 0.306 e. The molecule has 0 unspecified atom stereocenters. The molecule has 0 heterocycles. The van der Waals surface area contributed by atoms with E-state index in [4.69, 9.17) is 9.47 Å². The SMILES string of the molecule is O=C(CCC(=O)OCCc1ccccc1)NNC(=O)COc1ccc2ccccc2c1Br. The summed E-state index contributed by atoms with van der Waals surface area (Å²) in [5.74, 6) is -0.968. The number of nitrogens with one attached hydrogen (secondary N) is 2. The zero-order chi connectivity index (χ0) is 22.8. The van der Waals surface area contributed by atoms with Crippen LogP contribution in [-0.4, -0.2) is 31.0 Å². The molecule has 7 nitrogen and oxygen atoms in total. The smallest absolute Gasteiger partial charge is 0.306 e. The first-order chi connectivity index (χ1) is 15.5. The van der Waals surface area contributed by atoms with Crippen LogP contribution in [0.1, 0.15) is 18.4 Å². The van der Waals surface area contributed by atoms with Gasteiger partial charge in [-0.15, -0.1) is 0 Å². The average molecular weight is 499 g/mol. The molecule has 166 valence electrons. The predicted octanol–water partition coefficient (Wildman–Crippen LogP) is 3.69. The minimum Gasteiger partial charge on any atom is -0.483 e. The van der Waals surface area contributed by atoms with E-state index < -0.39 is 17.8 Å². The highest BCUT2D eigenvalue weighted by molar-refractivity contribution is 9.10. The normalized spacial score (nSPS) is 10.4. The molecule has 2 amide bonds. The Bertz CT molecular complexity index is 1090. The van der Waals surface area contributed by atoms with Crippen LogP contribution < -0.4 is 15.6 Å². The molecule has 0 aromatic heterocycles. The highest BCUT2D eigenvalue weighted by atomic mass is 79.9. The third-order valence-electron chi connectivity index (χ3n) is 4.58. The van der Waals surface area contributed by atoms with Crippen molar-refractivity contribution in [2.45, 2.75) is 19.3 Å². The maximum atomic E-state index is 12.0. The third-order valence-corrected chi connectivity index (χ3v) is 5.40. The van der Waals surface area contributed by atoms with Crippen LogP contribution in [0.4, 0.5) is 0 Å². The molecule has 0 saturated carbocycles. The summed E-state index contributed by atoms with van der Waals surface area (Å²) in [6.07, 6.45) is 0.445. The molecule has 2 N–H and O–H groups in total. The highest BCUT2D eigenvalue weighted by Gasteiger charge is 2.11. The van der Waals surface area contributed by atoms with Crippen LogP contribution in [0.25, 0.3) is 10.8 Å². The van der Waals surface area contributed by atoms with E-state index in [0.29, 0.717) is 12.2 Å². The fourth-order valence-corrected chi connectivity index (χ4v) is 3.53.